The van der Waals surface area contributed by atoms with Crippen LogP contribution in [-0.2, 0) is 6.18 Å². The molecule has 7 heteroatoms. The van der Waals surface area contributed by atoms with Gasteiger partial charge in [0.2, 0.25) is 0 Å². The van der Waals surface area contributed by atoms with E-state index in [-0.39, 0.29) is 0 Å². The molecule has 0 fully saturated rings. The highest BCUT2D eigenvalue weighted by Gasteiger charge is 2.38. The number of halogens is 3. The Hall–Kier alpha value is -2.28. The van der Waals surface area contributed by atoms with Gasteiger partial charge in [-0.3, -0.25) is 0 Å². The quantitative estimate of drug-likeness (QED) is 0.704. The van der Waals surface area contributed by atoms with Gasteiger partial charge in [0.05, 0.1) is 17.4 Å². The van der Waals surface area contributed by atoms with Gasteiger partial charge in [0.15, 0.2) is 5.69 Å². The second kappa shape index (κ2) is 3.46. The number of nitrogens with two attached hydrogens (primary N) is 1. The minimum Gasteiger partial charge on any atom is -0.396 e. The molecule has 0 aliphatic rings. The van der Waals surface area contributed by atoms with E-state index in [0.29, 0.717) is 0 Å². The molecule has 0 unspecified atom stereocenters. The van der Waals surface area contributed by atoms with Crippen molar-refractivity contribution in [2.24, 2.45) is 0 Å². The molecule has 1 aromatic heterocycles. The molecule has 76 valence electrons. The minimum atomic E-state index is -4.82. The largest absolute Gasteiger partial charge is 0.420 e. The van der Waals surface area contributed by atoms with E-state index in [0.717, 1.165) is 6.20 Å². The summed E-state index contributed by atoms with van der Waals surface area (Å²) >= 11 is 0. The van der Waals surface area contributed by atoms with Gasteiger partial charge in [0, 0.05) is 0 Å². The van der Waals surface area contributed by atoms with Gasteiger partial charge in [-0.15, -0.1) is 0 Å². The van der Waals surface area contributed by atoms with Gasteiger partial charge >= 0.3 is 6.18 Å². The van der Waals surface area contributed by atoms with Crippen molar-refractivity contribution in [3.63, 3.8) is 0 Å². The fraction of sp³-hybridized carbons (Fsp3) is 0.125. The lowest BCUT2D eigenvalue weighted by Crippen LogP contribution is -2.13. The SMILES string of the molecule is N#Cc1ncc(N)c(C#N)c1C(F)(F)F. The van der Waals surface area contributed by atoms with Crippen LogP contribution in [0.4, 0.5) is 18.9 Å². The van der Waals surface area contributed by atoms with Crippen LogP contribution in [0.1, 0.15) is 16.8 Å². The maximum atomic E-state index is 12.5. The zero-order valence-electron chi connectivity index (χ0n) is 7.13. The molecule has 1 rings (SSSR count). The first kappa shape index (κ1) is 10.8. The molecule has 0 aliphatic carbocycles. The normalized spacial score (nSPS) is 10.5. The smallest absolute Gasteiger partial charge is 0.396 e. The fourth-order valence-corrected chi connectivity index (χ4v) is 1.01. The van der Waals surface area contributed by atoms with E-state index in [1.165, 1.54) is 12.1 Å². The molecule has 0 spiro atoms. The molecule has 0 radical (unpaired) electrons. The molecule has 4 nitrogen and oxygen atoms in total. The molecule has 15 heavy (non-hydrogen) atoms. The average molecular weight is 212 g/mol. The lowest BCUT2D eigenvalue weighted by molar-refractivity contribution is -0.138. The summed E-state index contributed by atoms with van der Waals surface area (Å²) in [6, 6.07) is 2.58. The molecule has 0 aromatic carbocycles. The molecule has 2 N–H and O–H groups in total. The molecule has 1 heterocycles. The number of hydrogen-bond donors (Lipinski definition) is 1. The molecular formula is C8H3F3N4. The van der Waals surface area contributed by atoms with E-state index in [1.54, 1.807) is 0 Å². The predicted octanol–water partition coefficient (Wildman–Crippen LogP) is 1.43. The molecule has 1 aromatic rings. The standard InChI is InChI=1S/C8H3F3N4/c9-8(10,11)7-4(1-12)5(14)3-15-6(7)2-13/h3H,14H2. The highest BCUT2D eigenvalue weighted by atomic mass is 19.4. The highest BCUT2D eigenvalue weighted by Crippen LogP contribution is 2.35. The van der Waals surface area contributed by atoms with Crippen LogP contribution in [0.3, 0.4) is 0 Å². The molecule has 0 saturated carbocycles. The van der Waals surface area contributed by atoms with Crippen LogP contribution in [0.25, 0.3) is 0 Å². The van der Waals surface area contributed by atoms with E-state index in [9.17, 15) is 13.2 Å². The maximum absolute atomic E-state index is 12.5. The Morgan fingerprint density at radius 1 is 1.27 bits per heavy atom. The monoisotopic (exact) mass is 212 g/mol. The average Bonchev–Trinajstić information content (AvgIpc) is 2.15. The Morgan fingerprint density at radius 3 is 2.27 bits per heavy atom. The third-order valence-corrected chi connectivity index (χ3v) is 1.61. The van der Waals surface area contributed by atoms with Crippen molar-refractivity contribution in [3.05, 3.63) is 23.0 Å². The number of hydrogen-bond acceptors (Lipinski definition) is 4. The minimum absolute atomic E-state index is 0.399. The summed E-state index contributed by atoms with van der Waals surface area (Å²) < 4.78 is 37.4. The molecule has 0 atom stereocenters. The van der Waals surface area contributed by atoms with Crippen molar-refractivity contribution in [2.45, 2.75) is 6.18 Å². The van der Waals surface area contributed by atoms with Crippen molar-refractivity contribution in [3.8, 4) is 12.1 Å². The van der Waals surface area contributed by atoms with Crippen LogP contribution in [0, 0.1) is 22.7 Å². The van der Waals surface area contributed by atoms with Gasteiger partial charge < -0.3 is 5.73 Å². The van der Waals surface area contributed by atoms with Crippen molar-refractivity contribution < 1.29 is 13.2 Å². The summed E-state index contributed by atoms with van der Waals surface area (Å²) in [5, 5.41) is 16.9. The molecular weight excluding hydrogens is 209 g/mol. The first-order chi connectivity index (χ1) is 6.91. The second-order valence-electron chi connectivity index (χ2n) is 2.53. The van der Waals surface area contributed by atoms with Gasteiger partial charge in [0.25, 0.3) is 0 Å². The van der Waals surface area contributed by atoms with Crippen LogP contribution in [0.2, 0.25) is 0 Å². The Labute approximate surface area is 82.4 Å². The lowest BCUT2D eigenvalue weighted by atomic mass is 10.1. The summed E-state index contributed by atoms with van der Waals surface area (Å²) in [7, 11) is 0. The van der Waals surface area contributed by atoms with Crippen molar-refractivity contribution >= 4 is 5.69 Å². The second-order valence-corrected chi connectivity index (χ2v) is 2.53. The fourth-order valence-electron chi connectivity index (χ4n) is 1.01. The van der Waals surface area contributed by atoms with Gasteiger partial charge in [-0.2, -0.15) is 23.7 Å². The van der Waals surface area contributed by atoms with Gasteiger partial charge in [-0.1, -0.05) is 0 Å². The number of pyridine rings is 1. The number of anilines is 1. The summed E-state index contributed by atoms with van der Waals surface area (Å²) in [5.41, 5.74) is 1.75. The van der Waals surface area contributed by atoms with Crippen molar-refractivity contribution in [1.82, 2.24) is 4.98 Å². The first-order valence-electron chi connectivity index (χ1n) is 3.57. The van der Waals surface area contributed by atoms with Crippen LogP contribution < -0.4 is 5.73 Å². The van der Waals surface area contributed by atoms with Crippen LogP contribution >= 0.6 is 0 Å². The van der Waals surface area contributed by atoms with E-state index < -0.39 is 28.7 Å². The number of aromatic nitrogens is 1. The Bertz CT molecular complexity index is 478. The zero-order chi connectivity index (χ0) is 11.6. The lowest BCUT2D eigenvalue weighted by Gasteiger charge is -2.10. The maximum Gasteiger partial charge on any atom is 0.420 e. The van der Waals surface area contributed by atoms with Crippen molar-refractivity contribution in [1.29, 1.82) is 10.5 Å². The first-order valence-corrected chi connectivity index (χ1v) is 3.57. The topological polar surface area (TPSA) is 86.5 Å². The Kier molecular flexibility index (Phi) is 2.49. The van der Waals surface area contributed by atoms with Crippen LogP contribution in [0.15, 0.2) is 6.20 Å². The third-order valence-electron chi connectivity index (χ3n) is 1.61. The Balaban J connectivity index is 3.67. The summed E-state index contributed by atoms with van der Waals surface area (Å²) in [6.45, 7) is 0. The molecule has 0 saturated heterocycles. The van der Waals surface area contributed by atoms with Crippen LogP contribution in [-0.4, -0.2) is 4.98 Å². The van der Waals surface area contributed by atoms with E-state index in [1.807, 2.05) is 0 Å². The van der Waals surface area contributed by atoms with Gasteiger partial charge in [-0.05, 0) is 0 Å². The molecule has 0 bridgehead atoms. The summed E-state index contributed by atoms with van der Waals surface area (Å²) in [6.07, 6.45) is -3.97. The molecule has 0 aliphatic heterocycles. The van der Waals surface area contributed by atoms with E-state index in [4.69, 9.17) is 16.3 Å². The highest BCUT2D eigenvalue weighted by molar-refractivity contribution is 5.60. The number of alkyl halides is 3. The number of nitrogen functional groups attached to an aromatic ring is 1. The van der Waals surface area contributed by atoms with Crippen LogP contribution in [0.5, 0.6) is 0 Å². The summed E-state index contributed by atoms with van der Waals surface area (Å²) in [5.74, 6) is 0. The Morgan fingerprint density at radius 2 is 1.87 bits per heavy atom. The molecule has 0 amide bonds. The predicted molar refractivity (Wildman–Crippen MR) is 43.1 cm³/mol. The zero-order valence-corrected chi connectivity index (χ0v) is 7.13. The van der Waals surface area contributed by atoms with E-state index >= 15 is 0 Å². The van der Waals surface area contributed by atoms with Gasteiger partial charge in [0.1, 0.15) is 17.7 Å². The number of nitriles is 2. The summed E-state index contributed by atoms with van der Waals surface area (Å²) in [4.78, 5) is 3.21. The number of nitrogens with zero attached hydrogens (tertiary/aromatic N) is 3. The van der Waals surface area contributed by atoms with E-state index in [2.05, 4.69) is 4.98 Å². The van der Waals surface area contributed by atoms with Gasteiger partial charge in [-0.25, -0.2) is 4.98 Å². The number of rotatable bonds is 0. The third kappa shape index (κ3) is 1.81. The van der Waals surface area contributed by atoms with Crippen molar-refractivity contribution in [2.75, 3.05) is 5.73 Å².